The molecule has 0 amide bonds. The predicted octanol–water partition coefficient (Wildman–Crippen LogP) is 3.03. The van der Waals surface area contributed by atoms with E-state index in [1.807, 2.05) is 12.1 Å². The van der Waals surface area contributed by atoms with E-state index < -0.39 is 0 Å². The number of nitrogens with two attached hydrogens (primary N) is 1. The lowest BCUT2D eigenvalue weighted by Gasteiger charge is -2.00. The SMILES string of the molecule is Nc1cccc2cc(I)ccc12. The van der Waals surface area contributed by atoms with Gasteiger partial charge in [0.1, 0.15) is 0 Å². The van der Waals surface area contributed by atoms with E-state index in [4.69, 9.17) is 5.73 Å². The highest BCUT2D eigenvalue weighted by Crippen LogP contribution is 2.22. The van der Waals surface area contributed by atoms with E-state index in [0.717, 1.165) is 11.1 Å². The minimum absolute atomic E-state index is 0.851. The normalized spacial score (nSPS) is 10.4. The summed E-state index contributed by atoms with van der Waals surface area (Å²) in [6.07, 6.45) is 0. The second-order valence-electron chi connectivity index (χ2n) is 2.71. The third-order valence-corrected chi connectivity index (χ3v) is 2.55. The third-order valence-electron chi connectivity index (χ3n) is 1.88. The lowest BCUT2D eigenvalue weighted by Crippen LogP contribution is -1.85. The molecular formula is C10H8IN. The molecule has 0 unspecified atom stereocenters. The van der Waals surface area contributed by atoms with Crippen LogP contribution in [0.15, 0.2) is 36.4 Å². The number of benzene rings is 2. The van der Waals surface area contributed by atoms with Crippen LogP contribution >= 0.6 is 22.6 Å². The maximum absolute atomic E-state index is 5.80. The van der Waals surface area contributed by atoms with Gasteiger partial charge >= 0.3 is 0 Å². The topological polar surface area (TPSA) is 26.0 Å². The van der Waals surface area contributed by atoms with Crippen molar-refractivity contribution in [2.45, 2.75) is 0 Å². The Kier molecular flexibility index (Phi) is 1.92. The van der Waals surface area contributed by atoms with Crippen molar-refractivity contribution in [2.24, 2.45) is 0 Å². The molecule has 0 saturated carbocycles. The van der Waals surface area contributed by atoms with Gasteiger partial charge in [-0.05, 0) is 46.2 Å². The Morgan fingerprint density at radius 3 is 2.75 bits per heavy atom. The second kappa shape index (κ2) is 2.94. The molecule has 2 aromatic rings. The van der Waals surface area contributed by atoms with E-state index in [-0.39, 0.29) is 0 Å². The minimum Gasteiger partial charge on any atom is -0.398 e. The fourth-order valence-corrected chi connectivity index (χ4v) is 1.79. The fraction of sp³-hybridized carbons (Fsp3) is 0. The lowest BCUT2D eigenvalue weighted by atomic mass is 10.1. The van der Waals surface area contributed by atoms with Crippen LogP contribution < -0.4 is 5.73 Å². The van der Waals surface area contributed by atoms with Crippen molar-refractivity contribution in [3.8, 4) is 0 Å². The van der Waals surface area contributed by atoms with Crippen LogP contribution in [0.3, 0.4) is 0 Å². The van der Waals surface area contributed by atoms with Crippen molar-refractivity contribution in [1.29, 1.82) is 0 Å². The van der Waals surface area contributed by atoms with E-state index in [0.29, 0.717) is 0 Å². The van der Waals surface area contributed by atoms with Crippen LogP contribution in [0, 0.1) is 3.57 Å². The highest BCUT2D eigenvalue weighted by molar-refractivity contribution is 14.1. The van der Waals surface area contributed by atoms with Crippen molar-refractivity contribution in [2.75, 3.05) is 5.73 Å². The Bertz CT molecular complexity index is 423. The fourth-order valence-electron chi connectivity index (χ4n) is 1.28. The van der Waals surface area contributed by atoms with Gasteiger partial charge in [-0.1, -0.05) is 18.2 Å². The molecule has 0 saturated heterocycles. The van der Waals surface area contributed by atoms with E-state index in [1.54, 1.807) is 0 Å². The summed E-state index contributed by atoms with van der Waals surface area (Å²) in [7, 11) is 0. The molecule has 0 spiro atoms. The van der Waals surface area contributed by atoms with Crippen molar-refractivity contribution in [3.63, 3.8) is 0 Å². The number of hydrogen-bond acceptors (Lipinski definition) is 1. The van der Waals surface area contributed by atoms with E-state index in [9.17, 15) is 0 Å². The zero-order chi connectivity index (χ0) is 8.55. The summed E-state index contributed by atoms with van der Waals surface area (Å²) in [6, 6.07) is 12.2. The smallest absolute Gasteiger partial charge is 0.0393 e. The summed E-state index contributed by atoms with van der Waals surface area (Å²) >= 11 is 2.30. The van der Waals surface area contributed by atoms with Crippen LogP contribution in [-0.4, -0.2) is 0 Å². The van der Waals surface area contributed by atoms with Gasteiger partial charge in [-0.15, -0.1) is 0 Å². The van der Waals surface area contributed by atoms with Gasteiger partial charge in [0, 0.05) is 14.6 Å². The van der Waals surface area contributed by atoms with Crippen LogP contribution in [-0.2, 0) is 0 Å². The standard InChI is InChI=1S/C10H8IN/c11-8-4-5-9-7(6-8)2-1-3-10(9)12/h1-6H,12H2. The van der Waals surface area contributed by atoms with Gasteiger partial charge in [-0.25, -0.2) is 0 Å². The molecule has 2 aromatic carbocycles. The summed E-state index contributed by atoms with van der Waals surface area (Å²) in [5, 5.41) is 2.35. The Morgan fingerprint density at radius 2 is 1.92 bits per heavy atom. The summed E-state index contributed by atoms with van der Waals surface area (Å²) < 4.78 is 1.24. The van der Waals surface area contributed by atoms with Crippen LogP contribution in [0.2, 0.25) is 0 Å². The largest absolute Gasteiger partial charge is 0.398 e. The number of nitrogen functional groups attached to an aromatic ring is 1. The van der Waals surface area contributed by atoms with Crippen molar-refractivity contribution < 1.29 is 0 Å². The third kappa shape index (κ3) is 1.27. The van der Waals surface area contributed by atoms with Gasteiger partial charge in [0.05, 0.1) is 0 Å². The maximum Gasteiger partial charge on any atom is 0.0393 e. The Hall–Kier alpha value is -0.770. The van der Waals surface area contributed by atoms with Crippen molar-refractivity contribution in [1.82, 2.24) is 0 Å². The second-order valence-corrected chi connectivity index (χ2v) is 3.96. The van der Waals surface area contributed by atoms with Gasteiger partial charge in [-0.3, -0.25) is 0 Å². The van der Waals surface area contributed by atoms with E-state index in [1.165, 1.54) is 8.96 Å². The van der Waals surface area contributed by atoms with Gasteiger partial charge in [-0.2, -0.15) is 0 Å². The molecule has 2 heteroatoms. The molecule has 0 fully saturated rings. The first kappa shape index (κ1) is 7.86. The Balaban J connectivity index is 2.86. The molecule has 12 heavy (non-hydrogen) atoms. The van der Waals surface area contributed by atoms with E-state index in [2.05, 4.69) is 46.9 Å². The van der Waals surface area contributed by atoms with Crippen molar-refractivity contribution >= 4 is 39.1 Å². The Labute approximate surface area is 84.7 Å². The van der Waals surface area contributed by atoms with Crippen LogP contribution in [0.5, 0.6) is 0 Å². The highest BCUT2D eigenvalue weighted by atomic mass is 127. The number of fused-ring (bicyclic) bond motifs is 1. The molecule has 60 valence electrons. The average molecular weight is 269 g/mol. The van der Waals surface area contributed by atoms with Gasteiger partial charge in [0.15, 0.2) is 0 Å². The maximum atomic E-state index is 5.80. The number of hydrogen-bond donors (Lipinski definition) is 1. The monoisotopic (exact) mass is 269 g/mol. The number of rotatable bonds is 0. The molecule has 0 radical (unpaired) electrons. The molecule has 2 rings (SSSR count). The molecule has 0 aliphatic carbocycles. The summed E-state index contributed by atoms with van der Waals surface area (Å²) in [5.41, 5.74) is 6.65. The van der Waals surface area contributed by atoms with Crippen LogP contribution in [0.4, 0.5) is 5.69 Å². The quantitative estimate of drug-likeness (QED) is 0.577. The first-order chi connectivity index (χ1) is 5.77. The van der Waals surface area contributed by atoms with Gasteiger partial charge in [0.2, 0.25) is 0 Å². The van der Waals surface area contributed by atoms with Crippen molar-refractivity contribution in [3.05, 3.63) is 40.0 Å². The molecule has 0 aliphatic rings. The van der Waals surface area contributed by atoms with Gasteiger partial charge in [0.25, 0.3) is 0 Å². The number of halogens is 1. The lowest BCUT2D eigenvalue weighted by molar-refractivity contribution is 1.69. The molecule has 1 nitrogen and oxygen atoms in total. The minimum atomic E-state index is 0.851. The molecule has 0 aliphatic heterocycles. The molecule has 0 atom stereocenters. The first-order valence-electron chi connectivity index (χ1n) is 3.71. The average Bonchev–Trinajstić information content (AvgIpc) is 2.04. The zero-order valence-corrected chi connectivity index (χ0v) is 8.58. The summed E-state index contributed by atoms with van der Waals surface area (Å²) in [5.74, 6) is 0. The Morgan fingerprint density at radius 1 is 1.08 bits per heavy atom. The van der Waals surface area contributed by atoms with Crippen LogP contribution in [0.1, 0.15) is 0 Å². The zero-order valence-electron chi connectivity index (χ0n) is 6.42. The predicted molar refractivity (Wildman–Crippen MR) is 61.1 cm³/mol. The molecule has 0 bridgehead atoms. The molecule has 0 heterocycles. The highest BCUT2D eigenvalue weighted by Gasteiger charge is 1.96. The molecule has 0 aromatic heterocycles. The number of anilines is 1. The van der Waals surface area contributed by atoms with Gasteiger partial charge < -0.3 is 5.73 Å². The molecule has 2 N–H and O–H groups in total. The summed E-state index contributed by atoms with van der Waals surface area (Å²) in [4.78, 5) is 0. The van der Waals surface area contributed by atoms with Crippen LogP contribution in [0.25, 0.3) is 10.8 Å². The molecular weight excluding hydrogens is 261 g/mol. The summed E-state index contributed by atoms with van der Waals surface area (Å²) in [6.45, 7) is 0. The first-order valence-corrected chi connectivity index (χ1v) is 4.79. The van der Waals surface area contributed by atoms with E-state index >= 15 is 0 Å².